The smallest absolute Gasteiger partial charge is 0.457 e. The molecule has 0 aromatic rings. The van der Waals surface area contributed by atoms with Gasteiger partial charge in [0.2, 0.25) is 0 Å². The molecule has 0 aromatic heterocycles. The van der Waals surface area contributed by atoms with Crippen molar-refractivity contribution in [2.45, 2.75) is 174 Å². The van der Waals surface area contributed by atoms with Gasteiger partial charge in [-0.2, -0.15) is 0 Å². The van der Waals surface area contributed by atoms with Gasteiger partial charge < -0.3 is 18.9 Å². The predicted octanol–water partition coefficient (Wildman–Crippen LogP) is 14.1. The third kappa shape index (κ3) is 46.6. The minimum absolute atomic E-state index is 0.0747. The van der Waals surface area contributed by atoms with Crippen molar-refractivity contribution in [3.05, 3.63) is 85.1 Å². The van der Waals surface area contributed by atoms with Crippen LogP contribution in [0.4, 0.5) is 0 Å². The lowest BCUT2D eigenvalue weighted by atomic mass is 10.1. The number of phosphoric acid groups is 1. The van der Waals surface area contributed by atoms with Gasteiger partial charge in [0.25, 0.3) is 0 Å². The molecule has 9 heteroatoms. The van der Waals surface area contributed by atoms with E-state index >= 15 is 0 Å². The van der Waals surface area contributed by atoms with Crippen LogP contribution in [0.25, 0.3) is 0 Å². The Morgan fingerprint density at radius 3 is 1.47 bits per heavy atom. The molecule has 0 aliphatic rings. The second kappa shape index (κ2) is 42.4. The average molecular weight is 847 g/mol. The number of ether oxygens (including phenoxy) is 2. The second-order valence-corrected chi connectivity index (χ2v) is 17.9. The van der Waals surface area contributed by atoms with Crippen LogP contribution in [0, 0.1) is 0 Å². The molecule has 340 valence electrons. The highest BCUT2D eigenvalue weighted by Gasteiger charge is 2.26. The van der Waals surface area contributed by atoms with Gasteiger partial charge in [0.1, 0.15) is 19.3 Å². The second-order valence-electron chi connectivity index (χ2n) is 16.4. The molecule has 59 heavy (non-hydrogen) atoms. The van der Waals surface area contributed by atoms with E-state index in [-0.39, 0.29) is 25.8 Å². The molecule has 0 fully saturated rings. The van der Waals surface area contributed by atoms with E-state index < -0.39 is 13.9 Å². The summed E-state index contributed by atoms with van der Waals surface area (Å²) >= 11 is 0. The van der Waals surface area contributed by atoms with E-state index in [0.29, 0.717) is 24.1 Å². The molecule has 0 spiro atoms. The first-order valence-corrected chi connectivity index (χ1v) is 24.8. The highest BCUT2D eigenvalue weighted by molar-refractivity contribution is 7.47. The van der Waals surface area contributed by atoms with Crippen LogP contribution in [0.1, 0.15) is 168 Å². The van der Waals surface area contributed by atoms with E-state index in [2.05, 4.69) is 98.9 Å². The number of hydrogen-bond acceptors (Lipinski definition) is 6. The Bertz CT molecular complexity index is 1210. The van der Waals surface area contributed by atoms with Crippen LogP contribution >= 0.6 is 7.82 Å². The van der Waals surface area contributed by atoms with Crippen LogP contribution in [0.3, 0.4) is 0 Å². The fourth-order valence-electron chi connectivity index (χ4n) is 5.84. The summed E-state index contributed by atoms with van der Waals surface area (Å²) in [5.74, 6) is -0.337. The topological polar surface area (TPSA) is 91.3 Å². The third-order valence-electron chi connectivity index (χ3n) is 9.44. The number of carbonyl (C=O) groups excluding carboxylic acids is 1. The van der Waals surface area contributed by atoms with Crippen molar-refractivity contribution in [1.82, 2.24) is 0 Å². The molecule has 0 heterocycles. The Balaban J connectivity index is 4.31. The van der Waals surface area contributed by atoms with Crippen molar-refractivity contribution in [3.8, 4) is 0 Å². The molecule has 0 aliphatic heterocycles. The van der Waals surface area contributed by atoms with Gasteiger partial charge in [-0.15, -0.1) is 0 Å². The minimum Gasteiger partial charge on any atom is -0.457 e. The number of rotatable bonds is 42. The summed E-state index contributed by atoms with van der Waals surface area (Å²) in [5.41, 5.74) is 0. The van der Waals surface area contributed by atoms with Gasteiger partial charge in [-0.1, -0.05) is 157 Å². The van der Waals surface area contributed by atoms with Crippen molar-refractivity contribution in [1.29, 1.82) is 0 Å². The number of esters is 1. The molecule has 0 amide bonds. The number of phosphoric ester groups is 1. The molecule has 0 aromatic carbocycles. The monoisotopic (exact) mass is 847 g/mol. The van der Waals surface area contributed by atoms with Gasteiger partial charge in [-0.25, -0.2) is 4.57 Å². The highest BCUT2D eigenvalue weighted by atomic mass is 31.2. The molecule has 0 saturated heterocycles. The van der Waals surface area contributed by atoms with Crippen LogP contribution in [0.5, 0.6) is 0 Å². The quantitative estimate of drug-likeness (QED) is 0.0215. The maximum atomic E-state index is 12.7. The Morgan fingerprint density at radius 1 is 0.542 bits per heavy atom. The fourth-order valence-corrected chi connectivity index (χ4v) is 6.58. The molecule has 8 nitrogen and oxygen atoms in total. The molecule has 0 saturated carbocycles. The summed E-state index contributed by atoms with van der Waals surface area (Å²) in [7, 11) is 1.62. The van der Waals surface area contributed by atoms with Crippen molar-refractivity contribution in [2.24, 2.45) is 0 Å². The summed E-state index contributed by atoms with van der Waals surface area (Å²) in [5, 5.41) is 0. The minimum atomic E-state index is -4.30. The Morgan fingerprint density at radius 2 is 0.983 bits per heavy atom. The summed E-state index contributed by atoms with van der Waals surface area (Å²) in [6.07, 6.45) is 56.2. The first kappa shape index (κ1) is 56.7. The first-order chi connectivity index (χ1) is 28.6. The molecule has 0 radical (unpaired) electrons. The number of unbranched alkanes of at least 4 members (excludes halogenated alkanes) is 14. The zero-order valence-electron chi connectivity index (χ0n) is 38.5. The third-order valence-corrected chi connectivity index (χ3v) is 10.4. The predicted molar refractivity (Wildman–Crippen MR) is 251 cm³/mol. The zero-order chi connectivity index (χ0) is 43.4. The van der Waals surface area contributed by atoms with Crippen LogP contribution < -0.4 is 0 Å². The summed E-state index contributed by atoms with van der Waals surface area (Å²) in [4.78, 5) is 22.9. The molecule has 1 N–H and O–H groups in total. The van der Waals surface area contributed by atoms with Crippen molar-refractivity contribution < 1.29 is 37.3 Å². The van der Waals surface area contributed by atoms with E-state index in [1.54, 1.807) is 0 Å². The number of carbonyl (C=O) groups is 1. The number of likely N-dealkylation sites (N-methyl/N-ethyl adjacent to an activating group) is 1. The normalized spacial score (nSPS) is 14.5. The van der Waals surface area contributed by atoms with Crippen LogP contribution in [0.2, 0.25) is 0 Å². The van der Waals surface area contributed by atoms with E-state index in [0.717, 1.165) is 77.0 Å². The van der Waals surface area contributed by atoms with E-state index in [4.69, 9.17) is 18.5 Å². The zero-order valence-corrected chi connectivity index (χ0v) is 39.4. The van der Waals surface area contributed by atoms with Gasteiger partial charge in [-0.3, -0.25) is 13.8 Å². The lowest BCUT2D eigenvalue weighted by molar-refractivity contribution is -0.870. The molecular weight excluding hydrogens is 758 g/mol. The van der Waals surface area contributed by atoms with Gasteiger partial charge in [0.05, 0.1) is 34.4 Å². The van der Waals surface area contributed by atoms with Gasteiger partial charge in [-0.05, 0) is 89.9 Å². The SMILES string of the molecule is CC/C=C\C/C=C\C/C=C\C/C=C\C/C=C\CCCCOCC(COP(=O)(O)OCC[N+](C)(C)C)OC(=O)CCCCCCCCCCC/C=C\C/C=C\CCCCC. The van der Waals surface area contributed by atoms with Crippen LogP contribution in [-0.2, 0) is 27.9 Å². The Labute approximate surface area is 363 Å². The lowest BCUT2D eigenvalue weighted by Crippen LogP contribution is -2.37. The summed E-state index contributed by atoms with van der Waals surface area (Å²) < 4.78 is 35.0. The largest absolute Gasteiger partial charge is 0.472 e. The maximum absolute atomic E-state index is 12.7. The molecule has 0 aliphatic carbocycles. The standard InChI is InChI=1S/C50H88NO7P/c1-6-8-10-12-14-16-18-20-22-24-26-27-29-31-33-35-37-39-41-43-50(52)58-49(48-57-59(53,54)56-46-44-51(3,4)5)47-55-45-42-40-38-36-34-32-30-28-25-23-21-19-17-15-13-11-9-7-2/h9,11,14-17,20-23,28,30,34,36,49H,6-8,10,12-13,18-19,24-27,29,31-33,35,37-48H2,1-5H3/p+1/b11-9-,16-14-,17-15-,22-20-,23-21-,30-28-,36-34-. The van der Waals surface area contributed by atoms with Crippen molar-refractivity contribution in [3.63, 3.8) is 0 Å². The van der Waals surface area contributed by atoms with Crippen molar-refractivity contribution >= 4 is 13.8 Å². The molecule has 0 bridgehead atoms. The number of nitrogens with zero attached hydrogens (tertiary/aromatic N) is 1. The summed E-state index contributed by atoms with van der Waals surface area (Å²) in [6.45, 7) is 5.35. The van der Waals surface area contributed by atoms with E-state index in [9.17, 15) is 14.3 Å². The molecule has 0 rings (SSSR count). The Kier molecular flexibility index (Phi) is 40.7. The average Bonchev–Trinajstić information content (AvgIpc) is 3.19. The van der Waals surface area contributed by atoms with Gasteiger partial charge in [0, 0.05) is 13.0 Å². The maximum Gasteiger partial charge on any atom is 0.472 e. The molecular formula is C50H89NO7P+. The summed E-state index contributed by atoms with van der Waals surface area (Å²) in [6, 6.07) is 0. The number of quaternary nitrogens is 1. The first-order valence-electron chi connectivity index (χ1n) is 23.3. The number of hydrogen-bond donors (Lipinski definition) is 1. The fraction of sp³-hybridized carbons (Fsp3) is 0.700. The van der Waals surface area contributed by atoms with E-state index in [1.807, 2.05) is 21.1 Å². The van der Waals surface area contributed by atoms with Gasteiger partial charge in [0.15, 0.2) is 0 Å². The molecule has 2 atom stereocenters. The Hall–Kier alpha value is -2.32. The van der Waals surface area contributed by atoms with Gasteiger partial charge >= 0.3 is 13.8 Å². The van der Waals surface area contributed by atoms with Crippen LogP contribution in [0.15, 0.2) is 85.1 Å². The lowest BCUT2D eigenvalue weighted by Gasteiger charge is -2.24. The molecule has 2 unspecified atom stereocenters. The number of allylic oxidation sites excluding steroid dienone is 14. The van der Waals surface area contributed by atoms with Crippen molar-refractivity contribution in [2.75, 3.05) is 54.1 Å². The van der Waals surface area contributed by atoms with E-state index in [1.165, 1.54) is 70.6 Å². The highest BCUT2D eigenvalue weighted by Crippen LogP contribution is 2.43. The van der Waals surface area contributed by atoms with Crippen LogP contribution in [-0.4, -0.2) is 75.6 Å².